The third-order valence-electron chi connectivity index (χ3n) is 6.97. The third kappa shape index (κ3) is 4.60. The number of morpholine rings is 1. The van der Waals surface area contributed by atoms with E-state index in [-0.39, 0.29) is 5.92 Å². The molecule has 35 heavy (non-hydrogen) atoms. The lowest BCUT2D eigenvalue weighted by molar-refractivity contribution is 0.122. The SMILES string of the molecule is CS(=O)(=O)N1CCN(Cc2cc3c(N4CCOCC4)nc(C4CC=Cc5[nH]ncc54)nc3s2)CC1. The van der Waals surface area contributed by atoms with E-state index in [1.165, 1.54) is 11.1 Å². The second-order valence-electron chi connectivity index (χ2n) is 9.30. The standard InChI is InChI=1S/C23H29N7O3S2/c1-35(31,32)30-7-5-28(6-8-30)15-16-13-18-22(29-9-11-33-12-10-29)25-21(26-23(18)34-16)17-3-2-4-20-19(17)14-24-27-20/h2,4,13-14,17H,3,5-12,15H2,1H3,(H,24,27). The molecule has 0 aromatic carbocycles. The molecule has 1 aliphatic carbocycles. The molecule has 12 heteroatoms. The van der Waals surface area contributed by atoms with Gasteiger partial charge in [0, 0.05) is 56.3 Å². The van der Waals surface area contributed by atoms with Crippen molar-refractivity contribution in [2.75, 3.05) is 63.6 Å². The van der Waals surface area contributed by atoms with Gasteiger partial charge in [0.2, 0.25) is 10.0 Å². The number of rotatable bonds is 5. The minimum atomic E-state index is -3.13. The van der Waals surface area contributed by atoms with Gasteiger partial charge < -0.3 is 9.64 Å². The fourth-order valence-corrected chi connectivity index (χ4v) is 6.97. The lowest BCUT2D eigenvalue weighted by Crippen LogP contribution is -2.47. The van der Waals surface area contributed by atoms with Crippen LogP contribution in [0.4, 0.5) is 5.82 Å². The molecule has 0 spiro atoms. The number of nitrogens with zero attached hydrogens (tertiary/aromatic N) is 6. The summed E-state index contributed by atoms with van der Waals surface area (Å²) < 4.78 is 30.9. The van der Waals surface area contributed by atoms with Crippen molar-refractivity contribution in [1.82, 2.24) is 29.4 Å². The highest BCUT2D eigenvalue weighted by atomic mass is 32.2. The fourth-order valence-electron chi connectivity index (χ4n) is 5.07. The Labute approximate surface area is 208 Å². The smallest absolute Gasteiger partial charge is 0.211 e. The molecule has 0 saturated carbocycles. The van der Waals surface area contributed by atoms with Crippen molar-refractivity contribution < 1.29 is 13.2 Å². The van der Waals surface area contributed by atoms with E-state index in [4.69, 9.17) is 14.7 Å². The molecule has 1 atom stereocenters. The molecule has 2 aliphatic heterocycles. The van der Waals surface area contributed by atoms with Crippen molar-refractivity contribution in [2.45, 2.75) is 18.9 Å². The maximum Gasteiger partial charge on any atom is 0.211 e. The van der Waals surface area contributed by atoms with Gasteiger partial charge in [0.05, 0.1) is 42.7 Å². The maximum atomic E-state index is 11.8. The topological polar surface area (TPSA) is 108 Å². The van der Waals surface area contributed by atoms with Gasteiger partial charge in [0.1, 0.15) is 16.5 Å². The predicted molar refractivity (Wildman–Crippen MR) is 136 cm³/mol. The van der Waals surface area contributed by atoms with Crippen LogP contribution in [0, 0.1) is 0 Å². The van der Waals surface area contributed by atoms with E-state index in [0.717, 1.165) is 72.3 Å². The van der Waals surface area contributed by atoms with Gasteiger partial charge in [-0.3, -0.25) is 10.00 Å². The van der Waals surface area contributed by atoms with Crippen molar-refractivity contribution >= 4 is 43.5 Å². The number of piperazine rings is 1. The second-order valence-corrected chi connectivity index (χ2v) is 12.4. The number of thiophene rings is 1. The molecule has 6 rings (SSSR count). The minimum Gasteiger partial charge on any atom is -0.378 e. The van der Waals surface area contributed by atoms with Crippen molar-refractivity contribution in [3.63, 3.8) is 0 Å². The first-order chi connectivity index (χ1) is 17.0. The number of hydrogen-bond donors (Lipinski definition) is 1. The van der Waals surface area contributed by atoms with Crippen LogP contribution in [0.2, 0.25) is 0 Å². The number of anilines is 1. The van der Waals surface area contributed by atoms with Gasteiger partial charge in [-0.15, -0.1) is 11.3 Å². The summed E-state index contributed by atoms with van der Waals surface area (Å²) in [6.45, 7) is 6.33. The van der Waals surface area contributed by atoms with Gasteiger partial charge in [-0.2, -0.15) is 9.40 Å². The zero-order chi connectivity index (χ0) is 24.0. The van der Waals surface area contributed by atoms with E-state index in [9.17, 15) is 8.42 Å². The number of ether oxygens (including phenoxy) is 1. The number of fused-ring (bicyclic) bond motifs is 2. The lowest BCUT2D eigenvalue weighted by Gasteiger charge is -2.32. The molecule has 1 N–H and O–H groups in total. The number of nitrogens with one attached hydrogen (secondary N) is 1. The second kappa shape index (κ2) is 9.25. The molecule has 186 valence electrons. The molecular weight excluding hydrogens is 486 g/mol. The first kappa shape index (κ1) is 23.0. The summed E-state index contributed by atoms with van der Waals surface area (Å²) in [5.41, 5.74) is 2.17. The number of H-pyrrole nitrogens is 1. The average molecular weight is 516 g/mol. The van der Waals surface area contributed by atoms with Crippen molar-refractivity contribution in [3.05, 3.63) is 40.3 Å². The Balaban J connectivity index is 1.32. The summed E-state index contributed by atoms with van der Waals surface area (Å²) in [7, 11) is -3.13. The van der Waals surface area contributed by atoms with Crippen molar-refractivity contribution in [2.24, 2.45) is 0 Å². The van der Waals surface area contributed by atoms with Crippen molar-refractivity contribution in [3.8, 4) is 0 Å². The highest BCUT2D eigenvalue weighted by Gasteiger charge is 2.28. The highest BCUT2D eigenvalue weighted by molar-refractivity contribution is 7.88. The molecule has 2 saturated heterocycles. The Morgan fingerprint density at radius 2 is 1.94 bits per heavy atom. The zero-order valence-corrected chi connectivity index (χ0v) is 21.3. The Hall–Kier alpha value is -2.38. The van der Waals surface area contributed by atoms with Gasteiger partial charge >= 0.3 is 0 Å². The normalized spacial score (nSPS) is 22.1. The van der Waals surface area contributed by atoms with E-state index in [0.29, 0.717) is 26.3 Å². The summed E-state index contributed by atoms with van der Waals surface area (Å²) in [5.74, 6) is 1.89. The first-order valence-corrected chi connectivity index (χ1v) is 14.6. The summed E-state index contributed by atoms with van der Waals surface area (Å²) in [6.07, 6.45) is 8.26. The molecule has 3 aromatic heterocycles. The van der Waals surface area contributed by atoms with Crippen LogP contribution in [0.15, 0.2) is 18.3 Å². The predicted octanol–water partition coefficient (Wildman–Crippen LogP) is 1.88. The molecule has 3 aromatic rings. The Morgan fingerprint density at radius 1 is 1.14 bits per heavy atom. The van der Waals surface area contributed by atoms with Crippen LogP contribution in [0.25, 0.3) is 16.3 Å². The van der Waals surface area contributed by atoms with E-state index in [1.807, 2.05) is 6.20 Å². The largest absolute Gasteiger partial charge is 0.378 e. The van der Waals surface area contributed by atoms with Crippen LogP contribution in [-0.2, 0) is 21.3 Å². The Kier molecular flexibility index (Phi) is 6.09. The molecule has 3 aliphatic rings. The number of aromatic amines is 1. The molecular formula is C23H29N7O3S2. The van der Waals surface area contributed by atoms with Gasteiger partial charge in [-0.05, 0) is 18.6 Å². The molecule has 0 bridgehead atoms. The number of sulfonamides is 1. The van der Waals surface area contributed by atoms with Crippen LogP contribution in [-0.4, -0.2) is 96.5 Å². The quantitative estimate of drug-likeness (QED) is 0.549. The van der Waals surface area contributed by atoms with Crippen LogP contribution < -0.4 is 4.90 Å². The summed E-state index contributed by atoms with van der Waals surface area (Å²) >= 11 is 1.71. The summed E-state index contributed by atoms with van der Waals surface area (Å²) in [6, 6.07) is 2.22. The van der Waals surface area contributed by atoms with Crippen LogP contribution in [0.3, 0.4) is 0 Å². The third-order valence-corrected chi connectivity index (χ3v) is 9.29. The number of hydrogen-bond acceptors (Lipinski definition) is 9. The maximum absolute atomic E-state index is 11.8. The molecule has 1 unspecified atom stereocenters. The van der Waals surface area contributed by atoms with Gasteiger partial charge in [0.15, 0.2) is 0 Å². The monoisotopic (exact) mass is 515 g/mol. The van der Waals surface area contributed by atoms with Crippen molar-refractivity contribution in [1.29, 1.82) is 0 Å². The number of aromatic nitrogens is 4. The van der Waals surface area contributed by atoms with Crippen LogP contribution in [0.1, 0.15) is 34.3 Å². The van der Waals surface area contributed by atoms with E-state index >= 15 is 0 Å². The highest BCUT2D eigenvalue weighted by Crippen LogP contribution is 2.37. The summed E-state index contributed by atoms with van der Waals surface area (Å²) in [4.78, 5) is 17.0. The lowest BCUT2D eigenvalue weighted by atomic mass is 9.91. The van der Waals surface area contributed by atoms with E-state index < -0.39 is 10.0 Å². The number of allylic oxidation sites excluding steroid dienone is 1. The van der Waals surface area contributed by atoms with Crippen LogP contribution >= 0.6 is 11.3 Å². The van der Waals surface area contributed by atoms with E-state index in [1.54, 1.807) is 15.6 Å². The minimum absolute atomic E-state index is 0.0764. The molecule has 0 amide bonds. The molecule has 2 fully saturated rings. The molecule has 5 heterocycles. The first-order valence-electron chi connectivity index (χ1n) is 12.0. The molecule has 0 radical (unpaired) electrons. The summed E-state index contributed by atoms with van der Waals surface area (Å²) in [5, 5.41) is 8.40. The fraction of sp³-hybridized carbons (Fsp3) is 0.522. The van der Waals surface area contributed by atoms with E-state index in [2.05, 4.69) is 38.2 Å². The molecule has 10 nitrogen and oxygen atoms in total. The van der Waals surface area contributed by atoms with Gasteiger partial charge in [-0.25, -0.2) is 18.4 Å². The van der Waals surface area contributed by atoms with Gasteiger partial charge in [-0.1, -0.05) is 6.08 Å². The van der Waals surface area contributed by atoms with Gasteiger partial charge in [0.25, 0.3) is 0 Å². The Bertz CT molecular complexity index is 1350. The Morgan fingerprint density at radius 3 is 2.71 bits per heavy atom. The van der Waals surface area contributed by atoms with Crippen LogP contribution in [0.5, 0.6) is 0 Å². The average Bonchev–Trinajstić information content (AvgIpc) is 3.50. The zero-order valence-electron chi connectivity index (χ0n) is 19.7.